The molecule has 0 aliphatic carbocycles. The van der Waals surface area contributed by atoms with Crippen LogP contribution in [0.15, 0.2) is 23.3 Å². The van der Waals surface area contributed by atoms with Gasteiger partial charge in [-0.15, -0.1) is 5.10 Å². The molecule has 0 saturated carbocycles. The number of benzene rings is 1. The number of rotatable bonds is 3. The lowest BCUT2D eigenvalue weighted by Crippen LogP contribution is -2.63. The van der Waals surface area contributed by atoms with E-state index in [0.717, 1.165) is 0 Å². The first-order valence-electron chi connectivity index (χ1n) is 4.18. The predicted octanol–water partition coefficient (Wildman–Crippen LogP) is -1.91. The van der Waals surface area contributed by atoms with Gasteiger partial charge < -0.3 is 21.3 Å². The Labute approximate surface area is 86.9 Å². The molecule has 0 atom stereocenters. The third-order valence-electron chi connectivity index (χ3n) is 1.65. The number of nitrogens with two attached hydrogens (primary N) is 2. The Bertz CT molecular complexity index is 397. The van der Waals surface area contributed by atoms with Gasteiger partial charge in [-0.3, -0.25) is 0 Å². The first kappa shape index (κ1) is 10.8. The van der Waals surface area contributed by atoms with Crippen LogP contribution in [0.3, 0.4) is 0 Å². The topological polar surface area (TPSA) is 108 Å². The van der Waals surface area contributed by atoms with Crippen molar-refractivity contribution in [2.45, 2.75) is 0 Å². The van der Waals surface area contributed by atoms with Crippen LogP contribution in [0.1, 0.15) is 5.56 Å². The fourth-order valence-corrected chi connectivity index (χ4v) is 0.949. The molecule has 0 spiro atoms. The molecule has 0 heterocycles. The van der Waals surface area contributed by atoms with E-state index >= 15 is 0 Å². The molecule has 0 aliphatic rings. The number of nitrogens with zero attached hydrogens (tertiary/aromatic N) is 1. The van der Waals surface area contributed by atoms with Gasteiger partial charge in [0.1, 0.15) is 11.5 Å². The summed E-state index contributed by atoms with van der Waals surface area (Å²) in [5.74, 6) is 0.568. The summed E-state index contributed by atoms with van der Waals surface area (Å²) in [6.45, 7) is 0. The van der Waals surface area contributed by atoms with Crippen molar-refractivity contribution >= 4 is 12.2 Å². The normalized spacial score (nSPS) is 10.2. The van der Waals surface area contributed by atoms with Crippen molar-refractivity contribution in [3.63, 3.8) is 0 Å². The van der Waals surface area contributed by atoms with Crippen LogP contribution in [-0.2, 0) is 0 Å². The Morgan fingerprint density at radius 1 is 1.53 bits per heavy atom. The zero-order valence-corrected chi connectivity index (χ0v) is 8.27. The highest BCUT2D eigenvalue weighted by atomic mass is 16.5. The maximum absolute atomic E-state index is 9.53. The molecule has 6 heteroatoms. The molecule has 15 heavy (non-hydrogen) atoms. The van der Waals surface area contributed by atoms with Gasteiger partial charge in [0.25, 0.3) is 5.96 Å². The second-order valence-corrected chi connectivity index (χ2v) is 2.73. The van der Waals surface area contributed by atoms with E-state index in [4.69, 9.17) is 16.2 Å². The summed E-state index contributed by atoms with van der Waals surface area (Å²) in [4.78, 5) is 0. The molecular formula is C9H13N4O2+. The molecule has 80 valence electrons. The second kappa shape index (κ2) is 4.85. The van der Waals surface area contributed by atoms with E-state index in [-0.39, 0.29) is 11.7 Å². The van der Waals surface area contributed by atoms with Crippen molar-refractivity contribution < 1.29 is 14.9 Å². The molecule has 0 amide bonds. The van der Waals surface area contributed by atoms with E-state index in [2.05, 4.69) is 10.2 Å². The number of hydrogen-bond acceptors (Lipinski definition) is 3. The van der Waals surface area contributed by atoms with Crippen molar-refractivity contribution in [3.8, 4) is 11.5 Å². The SMILES string of the molecule is COc1ccc(C=[NH+]N=C(N)N)c(O)c1. The van der Waals surface area contributed by atoms with Gasteiger partial charge in [0, 0.05) is 11.2 Å². The summed E-state index contributed by atoms with van der Waals surface area (Å²) in [7, 11) is 1.52. The number of guanidine groups is 1. The number of phenolic OH excluding ortho intramolecular Hbond substituents is 1. The second-order valence-electron chi connectivity index (χ2n) is 2.73. The van der Waals surface area contributed by atoms with E-state index in [1.54, 1.807) is 12.1 Å². The number of phenols is 1. The molecule has 1 rings (SSSR count). The van der Waals surface area contributed by atoms with Gasteiger partial charge in [-0.25, -0.2) is 0 Å². The zero-order valence-electron chi connectivity index (χ0n) is 8.27. The predicted molar refractivity (Wildman–Crippen MR) is 56.6 cm³/mol. The largest absolute Gasteiger partial charge is 0.507 e. The van der Waals surface area contributed by atoms with Gasteiger partial charge in [-0.05, 0) is 12.1 Å². The Morgan fingerprint density at radius 3 is 2.80 bits per heavy atom. The molecule has 6 nitrogen and oxygen atoms in total. The lowest BCUT2D eigenvalue weighted by molar-refractivity contribution is -0.456. The molecule has 0 aliphatic heterocycles. The molecular weight excluding hydrogens is 196 g/mol. The third-order valence-corrected chi connectivity index (χ3v) is 1.65. The van der Waals surface area contributed by atoms with Crippen molar-refractivity contribution in [3.05, 3.63) is 23.8 Å². The van der Waals surface area contributed by atoms with Crippen LogP contribution >= 0.6 is 0 Å². The summed E-state index contributed by atoms with van der Waals surface area (Å²) in [6.07, 6.45) is 1.47. The Hall–Kier alpha value is -2.24. The van der Waals surface area contributed by atoms with Gasteiger partial charge in [0.05, 0.1) is 12.7 Å². The summed E-state index contributed by atoms with van der Waals surface area (Å²) >= 11 is 0. The summed E-state index contributed by atoms with van der Waals surface area (Å²) in [5.41, 5.74) is 10.8. The number of aromatic hydroxyl groups is 1. The highest BCUT2D eigenvalue weighted by molar-refractivity contribution is 5.80. The number of ether oxygens (including phenoxy) is 1. The molecule has 6 N–H and O–H groups in total. The fourth-order valence-electron chi connectivity index (χ4n) is 0.949. The lowest BCUT2D eigenvalue weighted by atomic mass is 10.2. The zero-order chi connectivity index (χ0) is 11.3. The summed E-state index contributed by atoms with van der Waals surface area (Å²) < 4.78 is 4.93. The van der Waals surface area contributed by atoms with Gasteiger partial charge in [0.2, 0.25) is 6.21 Å². The molecule has 1 aromatic carbocycles. The Morgan fingerprint density at radius 2 is 2.27 bits per heavy atom. The lowest BCUT2D eigenvalue weighted by Gasteiger charge is -2.00. The Balaban J connectivity index is 2.87. The van der Waals surface area contributed by atoms with E-state index in [1.807, 2.05) is 0 Å². The standard InChI is InChI=1S/C9H12N4O2/c1-15-7-3-2-6(8(14)4-7)5-12-13-9(10)11/h2-5,14H,1H3,(H4,10,11,13)/p+1. The quantitative estimate of drug-likeness (QED) is 0.264. The highest BCUT2D eigenvalue weighted by Gasteiger charge is 2.02. The minimum atomic E-state index is -0.0840. The average molecular weight is 209 g/mol. The average Bonchev–Trinajstić information content (AvgIpc) is 2.20. The van der Waals surface area contributed by atoms with Crippen molar-refractivity contribution in [1.29, 1.82) is 0 Å². The van der Waals surface area contributed by atoms with Crippen LogP contribution in [0.4, 0.5) is 0 Å². The van der Waals surface area contributed by atoms with Crippen LogP contribution in [0.2, 0.25) is 0 Å². The first-order chi connectivity index (χ1) is 7.13. The monoisotopic (exact) mass is 209 g/mol. The Kier molecular flexibility index (Phi) is 3.50. The van der Waals surface area contributed by atoms with E-state index in [9.17, 15) is 5.11 Å². The number of nitrogens with one attached hydrogen (secondary N) is 1. The number of hydrogen-bond donors (Lipinski definition) is 4. The molecule has 0 aromatic heterocycles. The minimum Gasteiger partial charge on any atom is -0.507 e. The molecule has 0 saturated heterocycles. The molecule has 1 aromatic rings. The van der Waals surface area contributed by atoms with Crippen LogP contribution < -0.4 is 21.3 Å². The highest BCUT2D eigenvalue weighted by Crippen LogP contribution is 2.21. The summed E-state index contributed by atoms with van der Waals surface area (Å²) in [5, 5.41) is 15.5. The fraction of sp³-hybridized carbons (Fsp3) is 0.111. The van der Waals surface area contributed by atoms with Crippen LogP contribution in [0.5, 0.6) is 11.5 Å². The van der Waals surface area contributed by atoms with E-state index in [0.29, 0.717) is 11.3 Å². The maximum Gasteiger partial charge on any atom is 0.256 e. The summed E-state index contributed by atoms with van der Waals surface area (Å²) in [6, 6.07) is 4.87. The molecule has 0 fully saturated rings. The molecule has 0 unspecified atom stereocenters. The van der Waals surface area contributed by atoms with Gasteiger partial charge >= 0.3 is 0 Å². The number of methoxy groups -OCH3 is 1. The van der Waals surface area contributed by atoms with E-state index < -0.39 is 0 Å². The smallest absolute Gasteiger partial charge is 0.256 e. The number of hydrazone groups is 1. The van der Waals surface area contributed by atoms with Crippen molar-refractivity contribution in [2.24, 2.45) is 16.6 Å². The molecule has 0 radical (unpaired) electrons. The maximum atomic E-state index is 9.53. The van der Waals surface area contributed by atoms with E-state index in [1.165, 1.54) is 19.4 Å². The van der Waals surface area contributed by atoms with Gasteiger partial charge in [-0.1, -0.05) is 0 Å². The van der Waals surface area contributed by atoms with Crippen molar-refractivity contribution in [2.75, 3.05) is 7.11 Å². The van der Waals surface area contributed by atoms with Gasteiger partial charge in [0.15, 0.2) is 0 Å². The first-order valence-corrected chi connectivity index (χ1v) is 4.18. The van der Waals surface area contributed by atoms with Crippen LogP contribution in [0.25, 0.3) is 0 Å². The van der Waals surface area contributed by atoms with Gasteiger partial charge in [-0.2, -0.15) is 0 Å². The van der Waals surface area contributed by atoms with Crippen LogP contribution in [0, 0.1) is 0 Å². The van der Waals surface area contributed by atoms with Crippen molar-refractivity contribution in [1.82, 2.24) is 0 Å². The van der Waals surface area contributed by atoms with Crippen LogP contribution in [-0.4, -0.2) is 24.4 Å². The molecule has 0 bridgehead atoms. The minimum absolute atomic E-state index is 0.0765. The third kappa shape index (κ3) is 3.18.